The minimum Gasteiger partial charge on any atom is -0.461 e. The maximum atomic E-state index is 13.9. The topological polar surface area (TPSA) is 76.0 Å². The molecule has 6 heteroatoms. The van der Waals surface area contributed by atoms with Gasteiger partial charge in [0.1, 0.15) is 12.6 Å². The van der Waals surface area contributed by atoms with Crippen molar-refractivity contribution in [2.45, 2.75) is 71.9 Å². The zero-order valence-corrected chi connectivity index (χ0v) is 21.5. The number of anilines is 1. The third-order valence-electron chi connectivity index (χ3n) is 7.05. The molecule has 0 spiro atoms. The molecule has 1 atom stereocenters. The predicted molar refractivity (Wildman–Crippen MR) is 141 cm³/mol. The maximum absolute atomic E-state index is 13.9. The molecule has 0 radical (unpaired) electrons. The van der Waals surface area contributed by atoms with E-state index in [0.717, 1.165) is 42.5 Å². The van der Waals surface area contributed by atoms with E-state index in [1.165, 1.54) is 11.3 Å². The summed E-state index contributed by atoms with van der Waals surface area (Å²) in [5, 5.41) is 0. The molecule has 0 N–H and O–H groups in total. The predicted octanol–water partition coefficient (Wildman–Crippen LogP) is 5.52. The van der Waals surface area contributed by atoms with E-state index in [4.69, 9.17) is 9.73 Å². The SMILES string of the molecule is CC(C)(C)C(=O)CN1C(=O)[C@H](CC(=O)OCc2ccccc2)N=C(C2CCCCC2)c2ccccc21. The van der Waals surface area contributed by atoms with Crippen molar-refractivity contribution < 1.29 is 19.1 Å². The van der Waals surface area contributed by atoms with E-state index in [1.54, 1.807) is 0 Å². The van der Waals surface area contributed by atoms with Gasteiger partial charge in [0.15, 0.2) is 5.78 Å². The monoisotopic (exact) mass is 488 g/mol. The molecule has 0 unspecified atom stereocenters. The van der Waals surface area contributed by atoms with Gasteiger partial charge in [0.25, 0.3) is 5.91 Å². The molecule has 190 valence electrons. The highest BCUT2D eigenvalue weighted by Crippen LogP contribution is 2.35. The Balaban J connectivity index is 1.66. The Hall–Kier alpha value is -3.28. The normalized spacial score (nSPS) is 18.8. The van der Waals surface area contributed by atoms with Crippen LogP contribution in [0.15, 0.2) is 59.6 Å². The number of fused-ring (bicyclic) bond motifs is 1. The lowest BCUT2D eigenvalue weighted by Gasteiger charge is -2.28. The van der Waals surface area contributed by atoms with E-state index in [9.17, 15) is 14.4 Å². The fourth-order valence-electron chi connectivity index (χ4n) is 4.85. The number of benzodiazepines with no additional fused rings is 1. The van der Waals surface area contributed by atoms with Crippen molar-refractivity contribution in [2.24, 2.45) is 16.3 Å². The first-order chi connectivity index (χ1) is 17.2. The number of amides is 1. The second kappa shape index (κ2) is 11.2. The molecule has 2 aliphatic rings. The quantitative estimate of drug-likeness (QED) is 0.481. The Morgan fingerprint density at radius 2 is 1.64 bits per heavy atom. The third kappa shape index (κ3) is 6.10. The van der Waals surface area contributed by atoms with Crippen LogP contribution >= 0.6 is 0 Å². The second-order valence-electron chi connectivity index (χ2n) is 10.8. The number of esters is 1. The Kier molecular flexibility index (Phi) is 8.02. The van der Waals surface area contributed by atoms with Crippen LogP contribution in [-0.2, 0) is 25.7 Å². The molecule has 2 aromatic carbocycles. The fourth-order valence-corrected chi connectivity index (χ4v) is 4.85. The Labute approximate surface area is 213 Å². The van der Waals surface area contributed by atoms with Crippen molar-refractivity contribution >= 4 is 29.1 Å². The zero-order chi connectivity index (χ0) is 25.7. The maximum Gasteiger partial charge on any atom is 0.308 e. The first kappa shape index (κ1) is 25.8. The van der Waals surface area contributed by atoms with E-state index in [-0.39, 0.29) is 37.2 Å². The molecule has 36 heavy (non-hydrogen) atoms. The lowest BCUT2D eigenvalue weighted by atomic mass is 9.82. The van der Waals surface area contributed by atoms with Crippen LogP contribution in [0.4, 0.5) is 5.69 Å². The molecule has 0 aromatic heterocycles. The van der Waals surface area contributed by atoms with Crippen LogP contribution in [0.3, 0.4) is 0 Å². The molecule has 1 saturated carbocycles. The summed E-state index contributed by atoms with van der Waals surface area (Å²) < 4.78 is 5.50. The Morgan fingerprint density at radius 1 is 0.972 bits per heavy atom. The van der Waals surface area contributed by atoms with Gasteiger partial charge in [-0.15, -0.1) is 0 Å². The largest absolute Gasteiger partial charge is 0.461 e. The molecular weight excluding hydrogens is 452 g/mol. The molecule has 1 amide bonds. The second-order valence-corrected chi connectivity index (χ2v) is 10.8. The summed E-state index contributed by atoms with van der Waals surface area (Å²) in [5.41, 5.74) is 2.75. The minimum atomic E-state index is -0.926. The molecule has 0 saturated heterocycles. The highest BCUT2D eigenvalue weighted by molar-refractivity contribution is 6.15. The van der Waals surface area contributed by atoms with E-state index in [1.807, 2.05) is 75.4 Å². The van der Waals surface area contributed by atoms with Crippen molar-refractivity contribution in [1.29, 1.82) is 0 Å². The van der Waals surface area contributed by atoms with E-state index < -0.39 is 17.4 Å². The lowest BCUT2D eigenvalue weighted by Crippen LogP contribution is -2.44. The van der Waals surface area contributed by atoms with Gasteiger partial charge in [-0.3, -0.25) is 19.4 Å². The molecule has 0 bridgehead atoms. The van der Waals surface area contributed by atoms with Crippen molar-refractivity contribution in [1.82, 2.24) is 0 Å². The summed E-state index contributed by atoms with van der Waals surface area (Å²) in [4.78, 5) is 46.3. The molecule has 1 aliphatic heterocycles. The van der Waals surface area contributed by atoms with Gasteiger partial charge < -0.3 is 9.64 Å². The van der Waals surface area contributed by atoms with E-state index in [2.05, 4.69) is 0 Å². The van der Waals surface area contributed by atoms with Crippen molar-refractivity contribution in [3.05, 3.63) is 65.7 Å². The first-order valence-electron chi connectivity index (χ1n) is 13.0. The number of para-hydroxylation sites is 1. The fraction of sp³-hybridized carbons (Fsp3) is 0.467. The summed E-state index contributed by atoms with van der Waals surface area (Å²) in [5.74, 6) is -0.620. The number of benzene rings is 2. The standard InChI is InChI=1S/C30H36N2O4/c1-30(2,3)26(33)19-32-25-17-11-10-16-23(25)28(22-14-8-5-9-15-22)31-24(29(32)35)18-27(34)36-20-21-12-6-4-7-13-21/h4,6-7,10-13,16-17,22,24H,5,8-9,14-15,18-20H2,1-3H3/t24-/m0/s1. The van der Waals surface area contributed by atoms with Crippen molar-refractivity contribution in [2.75, 3.05) is 11.4 Å². The van der Waals surface area contributed by atoms with Crippen LogP contribution in [0.1, 0.15) is 70.4 Å². The Bertz CT molecular complexity index is 1130. The number of hydrogen-bond acceptors (Lipinski definition) is 5. The van der Waals surface area contributed by atoms with Gasteiger partial charge in [-0.1, -0.05) is 88.6 Å². The van der Waals surface area contributed by atoms with Gasteiger partial charge in [0, 0.05) is 22.6 Å². The first-order valence-corrected chi connectivity index (χ1v) is 13.0. The number of ether oxygens (including phenoxy) is 1. The molecule has 1 fully saturated rings. The summed E-state index contributed by atoms with van der Waals surface area (Å²) in [6, 6.07) is 16.2. The molecule has 4 rings (SSSR count). The van der Waals surface area contributed by atoms with Gasteiger partial charge in [-0.05, 0) is 24.5 Å². The Morgan fingerprint density at radius 3 is 2.33 bits per heavy atom. The number of rotatable bonds is 7. The van der Waals surface area contributed by atoms with Crippen LogP contribution in [0.25, 0.3) is 0 Å². The number of ketones is 1. The summed E-state index contributed by atoms with van der Waals surface area (Å²) in [7, 11) is 0. The average molecular weight is 489 g/mol. The number of carbonyl (C=O) groups is 3. The number of carbonyl (C=O) groups excluding carboxylic acids is 3. The molecule has 6 nitrogen and oxygen atoms in total. The van der Waals surface area contributed by atoms with Crippen LogP contribution in [-0.4, -0.2) is 36.0 Å². The number of nitrogens with zero attached hydrogens (tertiary/aromatic N) is 2. The highest BCUT2D eigenvalue weighted by Gasteiger charge is 2.37. The summed E-state index contributed by atoms with van der Waals surface area (Å²) >= 11 is 0. The molecule has 1 aliphatic carbocycles. The van der Waals surface area contributed by atoms with E-state index >= 15 is 0 Å². The number of hydrogen-bond donors (Lipinski definition) is 0. The van der Waals surface area contributed by atoms with Crippen LogP contribution in [0, 0.1) is 11.3 Å². The van der Waals surface area contributed by atoms with Crippen molar-refractivity contribution in [3.8, 4) is 0 Å². The zero-order valence-electron chi connectivity index (χ0n) is 21.5. The third-order valence-corrected chi connectivity index (χ3v) is 7.05. The smallest absolute Gasteiger partial charge is 0.308 e. The highest BCUT2D eigenvalue weighted by atomic mass is 16.5. The average Bonchev–Trinajstić information content (AvgIpc) is 2.99. The van der Waals surface area contributed by atoms with Gasteiger partial charge in [-0.2, -0.15) is 0 Å². The van der Waals surface area contributed by atoms with Gasteiger partial charge in [0.05, 0.1) is 18.7 Å². The summed E-state index contributed by atoms with van der Waals surface area (Å²) in [6.07, 6.45) is 5.30. The van der Waals surface area contributed by atoms with Gasteiger partial charge in [-0.25, -0.2) is 0 Å². The van der Waals surface area contributed by atoms with Crippen LogP contribution in [0.5, 0.6) is 0 Å². The molecule has 1 heterocycles. The molecule has 2 aromatic rings. The minimum absolute atomic E-state index is 0.0443. The number of Topliss-reactive ketones (excluding diaryl/α,β-unsaturated/α-hetero) is 1. The lowest BCUT2D eigenvalue weighted by molar-refractivity contribution is -0.146. The van der Waals surface area contributed by atoms with Gasteiger partial charge >= 0.3 is 5.97 Å². The van der Waals surface area contributed by atoms with Crippen LogP contribution < -0.4 is 4.90 Å². The van der Waals surface area contributed by atoms with Gasteiger partial charge in [0.2, 0.25) is 0 Å². The molecular formula is C30H36N2O4. The van der Waals surface area contributed by atoms with E-state index in [0.29, 0.717) is 5.69 Å². The van der Waals surface area contributed by atoms with Crippen molar-refractivity contribution in [3.63, 3.8) is 0 Å². The summed E-state index contributed by atoms with van der Waals surface area (Å²) in [6.45, 7) is 5.65. The number of aliphatic imine (C=N–C) groups is 1. The van der Waals surface area contributed by atoms with Crippen LogP contribution in [0.2, 0.25) is 0 Å².